The van der Waals surface area contributed by atoms with Crippen molar-refractivity contribution < 1.29 is 23.0 Å². The summed E-state index contributed by atoms with van der Waals surface area (Å²) in [6.45, 7) is 6.12. The molecule has 1 atom stereocenters. The highest BCUT2D eigenvalue weighted by molar-refractivity contribution is 5.71. The van der Waals surface area contributed by atoms with Crippen molar-refractivity contribution in [3.8, 4) is 5.75 Å². The second-order valence-electron chi connectivity index (χ2n) is 6.20. The first-order valence-electron chi connectivity index (χ1n) is 8.30. The topological polar surface area (TPSA) is 47.6 Å². The van der Waals surface area contributed by atoms with Crippen LogP contribution in [0.2, 0.25) is 0 Å². The lowest BCUT2D eigenvalue weighted by Crippen LogP contribution is -2.19. The minimum atomic E-state index is -0.852. The average Bonchev–Trinajstić information content (AvgIpc) is 2.60. The summed E-state index contributed by atoms with van der Waals surface area (Å²) >= 11 is 0. The molecule has 0 amide bonds. The number of benzene rings is 2. The highest BCUT2D eigenvalue weighted by Gasteiger charge is 2.12. The van der Waals surface area contributed by atoms with E-state index in [9.17, 15) is 13.6 Å². The van der Waals surface area contributed by atoms with Gasteiger partial charge in [-0.1, -0.05) is 18.2 Å². The molecule has 0 aliphatic carbocycles. The summed E-state index contributed by atoms with van der Waals surface area (Å²) in [5.74, 6) is -1.48. The third-order valence-electron chi connectivity index (χ3n) is 4.14. The Hall–Kier alpha value is -2.47. The van der Waals surface area contributed by atoms with E-state index in [0.29, 0.717) is 17.9 Å². The Bertz CT molecular complexity index is 770. The van der Waals surface area contributed by atoms with Crippen LogP contribution in [0.3, 0.4) is 0 Å². The minimum absolute atomic E-state index is 0.136. The van der Waals surface area contributed by atoms with Crippen molar-refractivity contribution in [3.63, 3.8) is 0 Å². The van der Waals surface area contributed by atoms with Gasteiger partial charge >= 0.3 is 5.97 Å². The quantitative estimate of drug-likeness (QED) is 0.756. The van der Waals surface area contributed by atoms with Crippen molar-refractivity contribution >= 4 is 5.97 Å². The lowest BCUT2D eigenvalue weighted by molar-refractivity contribution is -0.142. The van der Waals surface area contributed by atoms with E-state index >= 15 is 0 Å². The molecular formula is C20H23F2NO3. The van der Waals surface area contributed by atoms with Crippen LogP contribution >= 0.6 is 0 Å². The van der Waals surface area contributed by atoms with Crippen LogP contribution in [0.5, 0.6) is 5.75 Å². The van der Waals surface area contributed by atoms with Gasteiger partial charge in [0.15, 0.2) is 18.2 Å². The minimum Gasteiger partial charge on any atom is -0.481 e. The normalized spacial score (nSPS) is 11.9. The number of methoxy groups -OCH3 is 1. The molecule has 0 saturated carbocycles. The third kappa shape index (κ3) is 5.02. The zero-order valence-corrected chi connectivity index (χ0v) is 15.4. The summed E-state index contributed by atoms with van der Waals surface area (Å²) < 4.78 is 36.5. The molecule has 0 saturated heterocycles. The second kappa shape index (κ2) is 8.76. The van der Waals surface area contributed by atoms with Crippen LogP contribution in [-0.2, 0) is 16.1 Å². The molecule has 2 rings (SSSR count). The van der Waals surface area contributed by atoms with E-state index < -0.39 is 17.6 Å². The molecule has 0 spiro atoms. The van der Waals surface area contributed by atoms with Crippen LogP contribution in [0.4, 0.5) is 8.78 Å². The van der Waals surface area contributed by atoms with E-state index in [0.717, 1.165) is 22.8 Å². The maximum Gasteiger partial charge on any atom is 0.343 e. The molecule has 0 fully saturated rings. The predicted molar refractivity (Wildman–Crippen MR) is 95.0 cm³/mol. The van der Waals surface area contributed by atoms with Gasteiger partial charge in [-0.3, -0.25) is 0 Å². The van der Waals surface area contributed by atoms with E-state index in [4.69, 9.17) is 4.74 Å². The summed E-state index contributed by atoms with van der Waals surface area (Å²) in [4.78, 5) is 11.2. The van der Waals surface area contributed by atoms with Crippen molar-refractivity contribution in [1.82, 2.24) is 5.32 Å². The predicted octanol–water partition coefficient (Wildman–Crippen LogP) is 3.98. The van der Waals surface area contributed by atoms with Crippen molar-refractivity contribution in [2.75, 3.05) is 13.7 Å². The van der Waals surface area contributed by atoms with Crippen molar-refractivity contribution in [2.45, 2.75) is 33.4 Å². The largest absolute Gasteiger partial charge is 0.481 e. The summed E-state index contributed by atoms with van der Waals surface area (Å²) in [7, 11) is 1.31. The Kier molecular flexibility index (Phi) is 6.69. The van der Waals surface area contributed by atoms with Gasteiger partial charge < -0.3 is 14.8 Å². The molecule has 26 heavy (non-hydrogen) atoms. The molecule has 6 heteroatoms. The number of ether oxygens (including phenoxy) is 2. The number of halogens is 2. The van der Waals surface area contributed by atoms with Gasteiger partial charge in [0.25, 0.3) is 0 Å². The molecular weight excluding hydrogens is 340 g/mol. The number of hydrogen-bond donors (Lipinski definition) is 1. The average molecular weight is 363 g/mol. The maximum atomic E-state index is 13.4. The van der Waals surface area contributed by atoms with Gasteiger partial charge in [0, 0.05) is 12.6 Å². The summed E-state index contributed by atoms with van der Waals surface area (Å²) in [5.41, 5.74) is 3.52. The van der Waals surface area contributed by atoms with Crippen LogP contribution in [0, 0.1) is 25.5 Å². The zero-order valence-electron chi connectivity index (χ0n) is 15.4. The van der Waals surface area contributed by atoms with Crippen LogP contribution in [-0.4, -0.2) is 19.7 Å². The van der Waals surface area contributed by atoms with E-state index in [-0.39, 0.29) is 12.6 Å². The summed E-state index contributed by atoms with van der Waals surface area (Å²) in [6.07, 6.45) is 0. The molecule has 0 aromatic heterocycles. The molecule has 0 heterocycles. The Morgan fingerprint density at radius 3 is 2.35 bits per heavy atom. The summed E-state index contributed by atoms with van der Waals surface area (Å²) in [5, 5.41) is 3.29. The molecule has 1 unspecified atom stereocenters. The van der Waals surface area contributed by atoms with Gasteiger partial charge in [-0.15, -0.1) is 0 Å². The molecule has 1 N–H and O–H groups in total. The maximum absolute atomic E-state index is 13.4. The van der Waals surface area contributed by atoms with E-state index in [2.05, 4.69) is 10.1 Å². The number of nitrogens with one attached hydrogen (secondary N) is 1. The van der Waals surface area contributed by atoms with Gasteiger partial charge in [0.1, 0.15) is 5.75 Å². The van der Waals surface area contributed by atoms with Crippen molar-refractivity contribution in [1.29, 1.82) is 0 Å². The van der Waals surface area contributed by atoms with Crippen molar-refractivity contribution in [3.05, 3.63) is 64.2 Å². The first-order valence-corrected chi connectivity index (χ1v) is 8.30. The number of aryl methyl sites for hydroxylation is 2. The number of hydrogen-bond acceptors (Lipinski definition) is 4. The zero-order chi connectivity index (χ0) is 19.3. The van der Waals surface area contributed by atoms with Crippen LogP contribution in [0.15, 0.2) is 30.3 Å². The number of carbonyl (C=O) groups is 1. The highest BCUT2D eigenvalue weighted by Crippen LogP contribution is 2.25. The first kappa shape index (κ1) is 19.8. The third-order valence-corrected chi connectivity index (χ3v) is 4.14. The Morgan fingerprint density at radius 2 is 1.77 bits per heavy atom. The fourth-order valence-corrected chi connectivity index (χ4v) is 2.73. The number of rotatable bonds is 7. The SMILES string of the molecule is COC(=O)COc1c(C)cc(CNC(C)c2ccc(F)c(F)c2)cc1C. The number of carbonyl (C=O) groups excluding carboxylic acids is 1. The lowest BCUT2D eigenvalue weighted by atomic mass is 10.0. The molecule has 0 aliphatic heterocycles. The van der Waals surface area contributed by atoms with Crippen LogP contribution < -0.4 is 10.1 Å². The highest BCUT2D eigenvalue weighted by atomic mass is 19.2. The molecule has 2 aromatic carbocycles. The van der Waals surface area contributed by atoms with E-state index in [1.165, 1.54) is 13.2 Å². The second-order valence-corrected chi connectivity index (χ2v) is 6.20. The van der Waals surface area contributed by atoms with Gasteiger partial charge in [-0.25, -0.2) is 13.6 Å². The van der Waals surface area contributed by atoms with Gasteiger partial charge in [-0.05, 0) is 55.2 Å². The molecule has 0 bridgehead atoms. The van der Waals surface area contributed by atoms with Gasteiger partial charge in [0.05, 0.1) is 7.11 Å². The molecule has 2 aromatic rings. The summed E-state index contributed by atoms with van der Waals surface area (Å²) in [6, 6.07) is 7.68. The van der Waals surface area contributed by atoms with E-state index in [1.807, 2.05) is 32.9 Å². The molecule has 140 valence electrons. The van der Waals surface area contributed by atoms with Crippen LogP contribution in [0.1, 0.15) is 35.2 Å². The Morgan fingerprint density at radius 1 is 1.12 bits per heavy atom. The smallest absolute Gasteiger partial charge is 0.343 e. The number of esters is 1. The monoisotopic (exact) mass is 363 g/mol. The van der Waals surface area contributed by atoms with Gasteiger partial charge in [-0.2, -0.15) is 0 Å². The molecule has 0 aliphatic rings. The fourth-order valence-electron chi connectivity index (χ4n) is 2.73. The van der Waals surface area contributed by atoms with Crippen LogP contribution in [0.25, 0.3) is 0 Å². The Balaban J connectivity index is 2.03. The fraction of sp³-hybridized carbons (Fsp3) is 0.350. The molecule has 4 nitrogen and oxygen atoms in total. The molecule has 0 radical (unpaired) electrons. The van der Waals surface area contributed by atoms with E-state index in [1.54, 1.807) is 6.07 Å². The van der Waals surface area contributed by atoms with Gasteiger partial charge in [0.2, 0.25) is 0 Å². The lowest BCUT2D eigenvalue weighted by Gasteiger charge is -2.17. The van der Waals surface area contributed by atoms with Crippen molar-refractivity contribution in [2.24, 2.45) is 0 Å². The first-order chi connectivity index (χ1) is 12.3. The Labute approximate surface area is 152 Å². The standard InChI is InChI=1S/C20H23F2NO3/c1-12-7-15(8-13(2)20(12)26-11-19(24)25-4)10-23-14(3)16-5-6-17(21)18(22)9-16/h5-9,14,23H,10-11H2,1-4H3.